The number of aromatic nitrogens is 3. The minimum absolute atomic E-state index is 0.0154. The van der Waals surface area contributed by atoms with Crippen LogP contribution in [0, 0.1) is 6.92 Å². The minimum Gasteiger partial charge on any atom is -0.338 e. The first-order valence-electron chi connectivity index (χ1n) is 5.30. The number of hydrogen-bond donors (Lipinski definition) is 1. The van der Waals surface area contributed by atoms with Gasteiger partial charge in [0.05, 0.1) is 10.7 Å². The number of hydrogen-bond acceptors (Lipinski definition) is 4. The van der Waals surface area contributed by atoms with E-state index < -0.39 is 0 Å². The molecule has 16 heavy (non-hydrogen) atoms. The lowest BCUT2D eigenvalue weighted by atomic mass is 10.1. The van der Waals surface area contributed by atoms with Crippen LogP contribution in [0.25, 0.3) is 0 Å². The Kier molecular flexibility index (Phi) is 3.36. The van der Waals surface area contributed by atoms with Crippen LogP contribution in [0.15, 0.2) is 17.8 Å². The Morgan fingerprint density at radius 3 is 2.94 bits per heavy atom. The molecule has 1 atom stereocenters. The molecule has 0 amide bonds. The second kappa shape index (κ2) is 4.76. The summed E-state index contributed by atoms with van der Waals surface area (Å²) in [6.07, 6.45) is 5.54. The van der Waals surface area contributed by atoms with Crippen molar-refractivity contribution in [3.8, 4) is 0 Å². The van der Waals surface area contributed by atoms with Crippen LogP contribution in [0.5, 0.6) is 0 Å². The first kappa shape index (κ1) is 11.3. The van der Waals surface area contributed by atoms with Crippen LogP contribution in [0.2, 0.25) is 0 Å². The Bertz CT molecular complexity index is 460. The van der Waals surface area contributed by atoms with Gasteiger partial charge in [0.25, 0.3) is 0 Å². The summed E-state index contributed by atoms with van der Waals surface area (Å²) in [5.41, 5.74) is 7.08. The topological polar surface area (TPSA) is 56.7 Å². The van der Waals surface area contributed by atoms with E-state index in [0.717, 1.165) is 29.4 Å². The van der Waals surface area contributed by atoms with Gasteiger partial charge in [0.15, 0.2) is 0 Å². The van der Waals surface area contributed by atoms with E-state index in [1.807, 2.05) is 36.3 Å². The van der Waals surface area contributed by atoms with Gasteiger partial charge in [-0.3, -0.25) is 0 Å². The molecule has 0 bridgehead atoms. The van der Waals surface area contributed by atoms with Crippen molar-refractivity contribution in [3.05, 3.63) is 34.3 Å². The van der Waals surface area contributed by atoms with Crippen LogP contribution in [0.4, 0.5) is 0 Å². The first-order chi connectivity index (χ1) is 7.66. The highest BCUT2D eigenvalue weighted by atomic mass is 32.1. The maximum atomic E-state index is 6.08. The lowest BCUT2D eigenvalue weighted by Crippen LogP contribution is -2.13. The molecule has 0 aliphatic carbocycles. The summed E-state index contributed by atoms with van der Waals surface area (Å²) < 4.78 is 2.03. The Balaban J connectivity index is 1.93. The van der Waals surface area contributed by atoms with Gasteiger partial charge in [0, 0.05) is 37.3 Å². The lowest BCUT2D eigenvalue weighted by molar-refractivity contribution is 0.609. The summed E-state index contributed by atoms with van der Waals surface area (Å²) in [7, 11) is 2.00. The molecule has 0 saturated heterocycles. The quantitative estimate of drug-likeness (QED) is 0.881. The van der Waals surface area contributed by atoms with E-state index in [-0.39, 0.29) is 6.04 Å². The van der Waals surface area contributed by atoms with E-state index in [4.69, 9.17) is 5.73 Å². The Hall–Kier alpha value is -1.20. The third kappa shape index (κ3) is 2.48. The van der Waals surface area contributed by atoms with E-state index in [9.17, 15) is 0 Å². The maximum absolute atomic E-state index is 6.08. The Labute approximate surface area is 99.2 Å². The fraction of sp³-hybridized carbons (Fsp3) is 0.455. The molecule has 0 saturated carbocycles. The van der Waals surface area contributed by atoms with Crippen molar-refractivity contribution in [2.24, 2.45) is 12.8 Å². The average Bonchev–Trinajstić information content (AvgIpc) is 2.84. The molecule has 5 heteroatoms. The van der Waals surface area contributed by atoms with E-state index >= 15 is 0 Å². The van der Waals surface area contributed by atoms with Gasteiger partial charge in [-0.25, -0.2) is 9.97 Å². The van der Waals surface area contributed by atoms with Gasteiger partial charge in [-0.1, -0.05) is 0 Å². The zero-order valence-corrected chi connectivity index (χ0v) is 10.4. The molecule has 0 aromatic carbocycles. The highest BCUT2D eigenvalue weighted by molar-refractivity contribution is 7.09. The summed E-state index contributed by atoms with van der Waals surface area (Å²) in [5, 5.41) is 3.11. The van der Waals surface area contributed by atoms with Gasteiger partial charge < -0.3 is 10.3 Å². The Morgan fingerprint density at radius 2 is 2.38 bits per heavy atom. The number of nitrogens with zero attached hydrogens (tertiary/aromatic N) is 3. The smallest absolute Gasteiger partial charge is 0.108 e. The molecule has 1 unspecified atom stereocenters. The summed E-state index contributed by atoms with van der Waals surface area (Å²) in [5.74, 6) is 1.07. The SMILES string of the molecule is Cc1nc(C(N)CCc2nccn2C)cs1. The highest BCUT2D eigenvalue weighted by Crippen LogP contribution is 2.18. The van der Waals surface area contributed by atoms with E-state index in [0.29, 0.717) is 0 Å². The van der Waals surface area contributed by atoms with Crippen molar-refractivity contribution in [1.29, 1.82) is 0 Å². The number of imidazole rings is 1. The molecule has 86 valence electrons. The number of thiazole rings is 1. The van der Waals surface area contributed by atoms with Crippen LogP contribution in [0.3, 0.4) is 0 Å². The molecule has 0 aliphatic heterocycles. The molecule has 2 rings (SSSR count). The molecule has 4 nitrogen and oxygen atoms in total. The van der Waals surface area contributed by atoms with Crippen LogP contribution in [-0.4, -0.2) is 14.5 Å². The van der Waals surface area contributed by atoms with Crippen molar-refractivity contribution in [2.45, 2.75) is 25.8 Å². The molecule has 2 N–H and O–H groups in total. The van der Waals surface area contributed by atoms with Gasteiger partial charge in [-0.15, -0.1) is 11.3 Å². The second-order valence-corrected chi connectivity index (χ2v) is 4.95. The zero-order chi connectivity index (χ0) is 11.5. The molecule has 0 radical (unpaired) electrons. The van der Waals surface area contributed by atoms with Crippen LogP contribution >= 0.6 is 11.3 Å². The number of rotatable bonds is 4. The second-order valence-electron chi connectivity index (χ2n) is 3.89. The van der Waals surface area contributed by atoms with Crippen molar-refractivity contribution >= 4 is 11.3 Å². The fourth-order valence-corrected chi connectivity index (χ4v) is 2.30. The van der Waals surface area contributed by atoms with E-state index in [2.05, 4.69) is 9.97 Å². The zero-order valence-electron chi connectivity index (χ0n) is 9.55. The molecule has 2 aromatic heterocycles. The van der Waals surface area contributed by atoms with Gasteiger partial charge in [0.2, 0.25) is 0 Å². The number of aryl methyl sites for hydroxylation is 3. The fourth-order valence-electron chi connectivity index (χ4n) is 1.62. The molecule has 0 fully saturated rings. The van der Waals surface area contributed by atoms with Gasteiger partial charge >= 0.3 is 0 Å². The van der Waals surface area contributed by atoms with E-state index in [1.165, 1.54) is 0 Å². The molecule has 2 aromatic rings. The van der Waals surface area contributed by atoms with Gasteiger partial charge in [0.1, 0.15) is 5.82 Å². The summed E-state index contributed by atoms with van der Waals surface area (Å²) in [6.45, 7) is 2.00. The van der Waals surface area contributed by atoms with Crippen LogP contribution < -0.4 is 5.73 Å². The summed E-state index contributed by atoms with van der Waals surface area (Å²) in [4.78, 5) is 8.68. The largest absolute Gasteiger partial charge is 0.338 e. The predicted molar refractivity (Wildman–Crippen MR) is 65.3 cm³/mol. The number of nitrogens with two attached hydrogens (primary N) is 1. The van der Waals surface area contributed by atoms with Crippen molar-refractivity contribution in [3.63, 3.8) is 0 Å². The van der Waals surface area contributed by atoms with Gasteiger partial charge in [-0.05, 0) is 13.3 Å². The molecule has 0 spiro atoms. The standard InChI is InChI=1S/C11H16N4S/c1-8-14-10(7-16-8)9(12)3-4-11-13-5-6-15(11)2/h5-7,9H,3-4,12H2,1-2H3. The van der Waals surface area contributed by atoms with Crippen LogP contribution in [-0.2, 0) is 13.5 Å². The maximum Gasteiger partial charge on any atom is 0.108 e. The third-order valence-corrected chi connectivity index (χ3v) is 3.41. The van der Waals surface area contributed by atoms with Crippen molar-refractivity contribution < 1.29 is 0 Å². The van der Waals surface area contributed by atoms with Crippen LogP contribution in [0.1, 0.15) is 29.0 Å². The highest BCUT2D eigenvalue weighted by Gasteiger charge is 2.10. The Morgan fingerprint density at radius 1 is 1.56 bits per heavy atom. The molecular weight excluding hydrogens is 220 g/mol. The minimum atomic E-state index is 0.0154. The van der Waals surface area contributed by atoms with Crippen molar-refractivity contribution in [2.75, 3.05) is 0 Å². The predicted octanol–water partition coefficient (Wildman–Crippen LogP) is 1.82. The monoisotopic (exact) mass is 236 g/mol. The average molecular weight is 236 g/mol. The lowest BCUT2D eigenvalue weighted by Gasteiger charge is -2.08. The molecule has 2 heterocycles. The summed E-state index contributed by atoms with van der Waals surface area (Å²) in [6, 6.07) is 0.0154. The van der Waals surface area contributed by atoms with Gasteiger partial charge in [-0.2, -0.15) is 0 Å². The third-order valence-electron chi connectivity index (χ3n) is 2.62. The first-order valence-corrected chi connectivity index (χ1v) is 6.18. The molecular formula is C11H16N4S. The summed E-state index contributed by atoms with van der Waals surface area (Å²) >= 11 is 1.65. The molecule has 0 aliphatic rings. The van der Waals surface area contributed by atoms with Crippen molar-refractivity contribution in [1.82, 2.24) is 14.5 Å². The normalized spacial score (nSPS) is 12.9. The van der Waals surface area contributed by atoms with E-state index in [1.54, 1.807) is 11.3 Å².